The van der Waals surface area contributed by atoms with E-state index in [2.05, 4.69) is 5.32 Å². The van der Waals surface area contributed by atoms with Gasteiger partial charge in [-0.2, -0.15) is 0 Å². The second kappa shape index (κ2) is 7.38. The van der Waals surface area contributed by atoms with Crippen molar-refractivity contribution in [3.05, 3.63) is 41.5 Å². The maximum absolute atomic E-state index is 12.4. The summed E-state index contributed by atoms with van der Waals surface area (Å²) in [7, 11) is 0. The Labute approximate surface area is 146 Å². The number of likely N-dealkylation sites (tertiary alicyclic amines) is 1. The number of piperidine rings is 1. The van der Waals surface area contributed by atoms with E-state index in [1.165, 1.54) is 6.08 Å². The van der Waals surface area contributed by atoms with Crippen LogP contribution >= 0.6 is 0 Å². The molecule has 3 N–H and O–H groups in total. The number of hydrogen-bond acceptors (Lipinski definition) is 3. The molecule has 25 heavy (non-hydrogen) atoms. The second-order valence-corrected chi connectivity index (χ2v) is 6.33. The first-order chi connectivity index (χ1) is 12.0. The summed E-state index contributed by atoms with van der Waals surface area (Å²) in [6.45, 7) is 2.64. The number of nitrogens with one attached hydrogen (secondary N) is 1. The average molecular weight is 342 g/mol. The number of rotatable bonds is 4. The van der Waals surface area contributed by atoms with Crippen molar-refractivity contribution in [1.82, 2.24) is 15.1 Å². The average Bonchev–Trinajstić information content (AvgIpc) is 3.06. The fraction of sp³-hybridized carbons (Fsp3) is 0.389. The van der Waals surface area contributed by atoms with Gasteiger partial charge in [0.2, 0.25) is 11.8 Å². The standard InChI is InChI=1S/C18H22N4O3/c19-17(24)14-6-3-13(4-7-14)5-8-16(23)21-10-1-2-15(12-21)22-11-9-20-18(22)25/h3-8,15H,1-2,9-12H2,(H2,19,24)(H,20,25)/b8-5+. The lowest BCUT2D eigenvalue weighted by Crippen LogP contribution is -2.50. The van der Waals surface area contributed by atoms with Crippen LogP contribution < -0.4 is 11.1 Å². The van der Waals surface area contributed by atoms with Crippen LogP contribution in [-0.4, -0.2) is 59.9 Å². The number of carbonyl (C=O) groups is 3. The molecule has 0 aromatic heterocycles. The molecule has 2 saturated heterocycles. The number of nitrogens with zero attached hydrogens (tertiary/aromatic N) is 2. The van der Waals surface area contributed by atoms with Crippen molar-refractivity contribution in [3.63, 3.8) is 0 Å². The maximum Gasteiger partial charge on any atom is 0.317 e. The fourth-order valence-corrected chi connectivity index (χ4v) is 3.28. The maximum atomic E-state index is 12.4. The van der Waals surface area contributed by atoms with Crippen LogP contribution in [0.4, 0.5) is 4.79 Å². The highest BCUT2D eigenvalue weighted by Gasteiger charge is 2.32. The minimum Gasteiger partial charge on any atom is -0.366 e. The number of nitrogens with two attached hydrogens (primary N) is 1. The van der Waals surface area contributed by atoms with Crippen LogP contribution in [0.1, 0.15) is 28.8 Å². The largest absolute Gasteiger partial charge is 0.366 e. The summed E-state index contributed by atoms with van der Waals surface area (Å²) in [5.74, 6) is -0.541. The zero-order valence-electron chi connectivity index (χ0n) is 14.0. The van der Waals surface area contributed by atoms with Gasteiger partial charge in [0.15, 0.2) is 0 Å². The Hall–Kier alpha value is -2.83. The number of urea groups is 1. The van der Waals surface area contributed by atoms with Crippen LogP contribution in [0.5, 0.6) is 0 Å². The third-order valence-corrected chi connectivity index (χ3v) is 4.65. The number of hydrogen-bond donors (Lipinski definition) is 2. The van der Waals surface area contributed by atoms with E-state index in [4.69, 9.17) is 5.73 Å². The summed E-state index contributed by atoms with van der Waals surface area (Å²) < 4.78 is 0. The van der Waals surface area contributed by atoms with Gasteiger partial charge in [0, 0.05) is 37.8 Å². The smallest absolute Gasteiger partial charge is 0.317 e. The van der Waals surface area contributed by atoms with Gasteiger partial charge in [-0.25, -0.2) is 4.79 Å². The quantitative estimate of drug-likeness (QED) is 0.793. The third-order valence-electron chi connectivity index (χ3n) is 4.65. The predicted octanol–water partition coefficient (Wildman–Crippen LogP) is 0.815. The molecule has 1 unspecified atom stereocenters. The zero-order valence-corrected chi connectivity index (χ0v) is 14.0. The van der Waals surface area contributed by atoms with Crippen LogP contribution in [0.25, 0.3) is 6.08 Å². The molecule has 1 aromatic rings. The highest BCUT2D eigenvalue weighted by Crippen LogP contribution is 2.18. The lowest BCUT2D eigenvalue weighted by atomic mass is 10.0. The Morgan fingerprint density at radius 1 is 1.20 bits per heavy atom. The summed E-state index contributed by atoms with van der Waals surface area (Å²) in [6, 6.07) is 6.81. The van der Waals surface area contributed by atoms with Crippen LogP contribution in [0, 0.1) is 0 Å². The molecule has 1 atom stereocenters. The van der Waals surface area contributed by atoms with E-state index in [-0.39, 0.29) is 18.0 Å². The molecule has 0 bridgehead atoms. The monoisotopic (exact) mass is 342 g/mol. The molecule has 2 aliphatic heterocycles. The summed E-state index contributed by atoms with van der Waals surface area (Å²) >= 11 is 0. The summed E-state index contributed by atoms with van der Waals surface area (Å²) in [5, 5.41) is 2.81. The fourth-order valence-electron chi connectivity index (χ4n) is 3.28. The molecule has 0 aliphatic carbocycles. The molecule has 0 spiro atoms. The molecular weight excluding hydrogens is 320 g/mol. The lowest BCUT2D eigenvalue weighted by Gasteiger charge is -2.36. The first-order valence-electron chi connectivity index (χ1n) is 8.46. The van der Waals surface area contributed by atoms with Gasteiger partial charge in [-0.3, -0.25) is 9.59 Å². The third kappa shape index (κ3) is 3.99. The molecule has 7 nitrogen and oxygen atoms in total. The van der Waals surface area contributed by atoms with Crippen LogP contribution in [0.3, 0.4) is 0 Å². The van der Waals surface area contributed by atoms with Crippen LogP contribution in [0.2, 0.25) is 0 Å². The van der Waals surface area contributed by atoms with Gasteiger partial charge in [-0.05, 0) is 36.6 Å². The summed E-state index contributed by atoms with van der Waals surface area (Å²) in [4.78, 5) is 38.9. The minimum absolute atomic E-state index is 0.0376. The molecule has 0 radical (unpaired) electrons. The molecule has 4 amide bonds. The minimum atomic E-state index is -0.475. The van der Waals surface area contributed by atoms with Crippen molar-refractivity contribution < 1.29 is 14.4 Å². The van der Waals surface area contributed by atoms with Crippen molar-refractivity contribution in [2.45, 2.75) is 18.9 Å². The zero-order chi connectivity index (χ0) is 17.8. The second-order valence-electron chi connectivity index (χ2n) is 6.33. The number of carbonyl (C=O) groups excluding carboxylic acids is 3. The van der Waals surface area contributed by atoms with Crippen molar-refractivity contribution in [1.29, 1.82) is 0 Å². The molecule has 132 valence electrons. The predicted molar refractivity (Wildman–Crippen MR) is 93.7 cm³/mol. The van der Waals surface area contributed by atoms with E-state index in [9.17, 15) is 14.4 Å². The lowest BCUT2D eigenvalue weighted by molar-refractivity contribution is -0.127. The summed E-state index contributed by atoms with van der Waals surface area (Å²) in [6.07, 6.45) is 5.07. The van der Waals surface area contributed by atoms with Crippen LogP contribution in [-0.2, 0) is 4.79 Å². The molecular formula is C18H22N4O3. The van der Waals surface area contributed by atoms with E-state index in [0.717, 1.165) is 18.4 Å². The number of amides is 4. The van der Waals surface area contributed by atoms with Gasteiger partial charge >= 0.3 is 6.03 Å². The SMILES string of the molecule is NC(=O)c1ccc(/C=C/C(=O)N2CCCC(N3CCNC3=O)C2)cc1. The first kappa shape index (κ1) is 17.0. The highest BCUT2D eigenvalue weighted by molar-refractivity contribution is 5.94. The number of primary amides is 1. The Balaban J connectivity index is 1.60. The van der Waals surface area contributed by atoms with Crippen molar-refractivity contribution in [2.24, 2.45) is 5.73 Å². The molecule has 2 fully saturated rings. The highest BCUT2D eigenvalue weighted by atomic mass is 16.2. The van der Waals surface area contributed by atoms with Crippen LogP contribution in [0.15, 0.2) is 30.3 Å². The van der Waals surface area contributed by atoms with Gasteiger partial charge in [0.1, 0.15) is 0 Å². The molecule has 0 saturated carbocycles. The Morgan fingerprint density at radius 2 is 1.96 bits per heavy atom. The first-order valence-corrected chi connectivity index (χ1v) is 8.46. The van der Waals surface area contributed by atoms with Crippen molar-refractivity contribution in [3.8, 4) is 0 Å². The normalized spacial score (nSPS) is 20.8. The van der Waals surface area contributed by atoms with Crippen molar-refractivity contribution >= 4 is 23.9 Å². The number of benzene rings is 1. The van der Waals surface area contributed by atoms with Gasteiger partial charge < -0.3 is 20.9 Å². The molecule has 2 aliphatic rings. The molecule has 2 heterocycles. The van der Waals surface area contributed by atoms with E-state index >= 15 is 0 Å². The Kier molecular flexibility index (Phi) is 5.02. The van der Waals surface area contributed by atoms with E-state index in [1.807, 2.05) is 4.90 Å². The molecule has 1 aromatic carbocycles. The van der Waals surface area contributed by atoms with Gasteiger partial charge in [0.25, 0.3) is 0 Å². The van der Waals surface area contributed by atoms with Gasteiger partial charge in [0.05, 0.1) is 6.04 Å². The van der Waals surface area contributed by atoms with Gasteiger partial charge in [-0.15, -0.1) is 0 Å². The van der Waals surface area contributed by atoms with Gasteiger partial charge in [-0.1, -0.05) is 12.1 Å². The summed E-state index contributed by atoms with van der Waals surface area (Å²) in [5.41, 5.74) is 6.47. The van der Waals surface area contributed by atoms with E-state index < -0.39 is 5.91 Å². The molecule has 7 heteroatoms. The topological polar surface area (TPSA) is 95.7 Å². The van der Waals surface area contributed by atoms with E-state index in [1.54, 1.807) is 35.2 Å². The molecule has 3 rings (SSSR count). The van der Waals surface area contributed by atoms with Crippen molar-refractivity contribution in [2.75, 3.05) is 26.2 Å². The Bertz CT molecular complexity index is 699. The Morgan fingerprint density at radius 3 is 2.60 bits per heavy atom. The van der Waals surface area contributed by atoms with E-state index in [0.29, 0.717) is 31.7 Å².